The summed E-state index contributed by atoms with van der Waals surface area (Å²) in [5.41, 5.74) is 1.79. The van der Waals surface area contributed by atoms with Gasteiger partial charge in [-0.3, -0.25) is 9.59 Å². The third kappa shape index (κ3) is 5.82. The van der Waals surface area contributed by atoms with Gasteiger partial charge in [0.05, 0.1) is 24.8 Å². The van der Waals surface area contributed by atoms with Gasteiger partial charge in [0.1, 0.15) is 11.5 Å². The molecule has 0 radical (unpaired) electrons. The summed E-state index contributed by atoms with van der Waals surface area (Å²) in [6.45, 7) is 9.50. The Labute approximate surface area is 212 Å². The number of phenolic OH excluding ortho intramolecular Hbond substituents is 1. The number of amides is 1. The van der Waals surface area contributed by atoms with Crippen LogP contribution in [0.1, 0.15) is 43.5 Å². The maximum atomic E-state index is 13.2. The van der Waals surface area contributed by atoms with E-state index in [0.717, 1.165) is 5.56 Å². The van der Waals surface area contributed by atoms with Crippen molar-refractivity contribution in [2.45, 2.75) is 33.7 Å². The van der Waals surface area contributed by atoms with E-state index in [1.165, 1.54) is 11.0 Å². The highest BCUT2D eigenvalue weighted by Gasteiger charge is 2.46. The summed E-state index contributed by atoms with van der Waals surface area (Å²) in [5.74, 6) is -0.418. The number of phenols is 1. The number of aliphatic hydroxyl groups is 1. The molecule has 2 aromatic carbocycles. The molecule has 0 aromatic heterocycles. The lowest BCUT2D eigenvalue weighted by atomic mass is 9.94. The molecule has 0 saturated carbocycles. The second-order valence-electron chi connectivity index (χ2n) is 9.64. The first kappa shape index (κ1) is 27.1. The van der Waals surface area contributed by atoms with Gasteiger partial charge in [-0.1, -0.05) is 19.9 Å². The number of hydrogen-bond acceptors (Lipinski definition) is 7. The number of Topliss-reactive ketones (excluding diaryl/α,β-unsaturated/α-hetero) is 1. The Hall–Kier alpha value is -3.52. The highest BCUT2D eigenvalue weighted by atomic mass is 16.5. The second-order valence-corrected chi connectivity index (χ2v) is 9.64. The normalized spacial score (nSPS) is 17.3. The van der Waals surface area contributed by atoms with Crippen molar-refractivity contribution in [3.8, 4) is 17.2 Å². The number of carbonyl (C=O) groups excluding carboxylic acids is 2. The zero-order chi connectivity index (χ0) is 26.6. The molecule has 1 aliphatic heterocycles. The van der Waals surface area contributed by atoms with Gasteiger partial charge < -0.3 is 29.5 Å². The summed E-state index contributed by atoms with van der Waals surface area (Å²) >= 11 is 0. The molecule has 1 unspecified atom stereocenters. The molecule has 1 aliphatic rings. The maximum Gasteiger partial charge on any atom is 0.295 e. The Morgan fingerprint density at radius 2 is 1.81 bits per heavy atom. The van der Waals surface area contributed by atoms with Crippen molar-refractivity contribution in [1.29, 1.82) is 0 Å². The minimum absolute atomic E-state index is 0.00198. The quantitative estimate of drug-likeness (QED) is 0.290. The first-order valence-electron chi connectivity index (χ1n) is 12.2. The molecule has 3 rings (SSSR count). The molecule has 0 aliphatic carbocycles. The van der Waals surface area contributed by atoms with Gasteiger partial charge in [-0.05, 0) is 75.3 Å². The summed E-state index contributed by atoms with van der Waals surface area (Å²) in [7, 11) is 3.76. The first-order chi connectivity index (χ1) is 17.0. The number of ketones is 1. The van der Waals surface area contributed by atoms with E-state index in [1.54, 1.807) is 37.3 Å². The van der Waals surface area contributed by atoms with E-state index in [2.05, 4.69) is 13.8 Å². The topological polar surface area (TPSA) is 99.5 Å². The Morgan fingerprint density at radius 1 is 1.08 bits per heavy atom. The van der Waals surface area contributed by atoms with E-state index >= 15 is 0 Å². The number of aliphatic hydroxyl groups excluding tert-OH is 1. The van der Waals surface area contributed by atoms with Crippen molar-refractivity contribution >= 4 is 17.4 Å². The highest BCUT2D eigenvalue weighted by Crippen LogP contribution is 2.42. The number of ether oxygens (including phenoxy) is 2. The monoisotopic (exact) mass is 496 g/mol. The van der Waals surface area contributed by atoms with Crippen molar-refractivity contribution < 1.29 is 29.3 Å². The van der Waals surface area contributed by atoms with Crippen LogP contribution in [0.15, 0.2) is 42.0 Å². The van der Waals surface area contributed by atoms with Crippen LogP contribution >= 0.6 is 0 Å². The fourth-order valence-electron chi connectivity index (χ4n) is 4.11. The van der Waals surface area contributed by atoms with Gasteiger partial charge in [-0.15, -0.1) is 0 Å². The van der Waals surface area contributed by atoms with E-state index < -0.39 is 17.7 Å². The van der Waals surface area contributed by atoms with E-state index in [1.807, 2.05) is 25.9 Å². The van der Waals surface area contributed by atoms with Gasteiger partial charge in [0.15, 0.2) is 11.5 Å². The largest absolute Gasteiger partial charge is 0.507 e. The summed E-state index contributed by atoms with van der Waals surface area (Å²) in [6.07, 6.45) is 0. The van der Waals surface area contributed by atoms with E-state index in [4.69, 9.17) is 9.47 Å². The molecular formula is C28H36N2O6. The van der Waals surface area contributed by atoms with Gasteiger partial charge in [0, 0.05) is 18.7 Å². The van der Waals surface area contributed by atoms with Crippen molar-refractivity contribution in [2.24, 2.45) is 5.92 Å². The van der Waals surface area contributed by atoms with Gasteiger partial charge in [0.25, 0.3) is 11.7 Å². The molecule has 8 nitrogen and oxygen atoms in total. The van der Waals surface area contributed by atoms with Crippen LogP contribution < -0.4 is 9.47 Å². The van der Waals surface area contributed by atoms with Crippen LogP contribution in [0, 0.1) is 12.8 Å². The van der Waals surface area contributed by atoms with Crippen LogP contribution in [0.2, 0.25) is 0 Å². The minimum Gasteiger partial charge on any atom is -0.507 e. The lowest BCUT2D eigenvalue weighted by molar-refractivity contribution is -0.140. The summed E-state index contributed by atoms with van der Waals surface area (Å²) in [4.78, 5) is 29.7. The number of benzene rings is 2. The molecular weight excluding hydrogens is 460 g/mol. The summed E-state index contributed by atoms with van der Waals surface area (Å²) in [5, 5.41) is 21.5. The molecule has 0 spiro atoms. The molecule has 2 N–H and O–H groups in total. The van der Waals surface area contributed by atoms with Crippen LogP contribution in [0.4, 0.5) is 0 Å². The molecule has 1 heterocycles. The third-order valence-corrected chi connectivity index (χ3v) is 5.95. The average Bonchev–Trinajstić information content (AvgIpc) is 3.07. The second kappa shape index (κ2) is 11.5. The molecule has 1 saturated heterocycles. The smallest absolute Gasteiger partial charge is 0.295 e. The number of rotatable bonds is 10. The van der Waals surface area contributed by atoms with Gasteiger partial charge in [-0.25, -0.2) is 0 Å². The zero-order valence-corrected chi connectivity index (χ0v) is 21.9. The van der Waals surface area contributed by atoms with Crippen molar-refractivity contribution in [3.05, 3.63) is 58.7 Å². The van der Waals surface area contributed by atoms with E-state index in [9.17, 15) is 19.8 Å². The number of aryl methyl sites for hydroxylation is 1. The van der Waals surface area contributed by atoms with E-state index in [0.29, 0.717) is 42.6 Å². The third-order valence-electron chi connectivity index (χ3n) is 5.95. The SMILES string of the molecule is CCOc1cc(C2/C(=C(\O)c3ccc(OCC(C)C)c(C)c3)C(=O)C(=O)N2CCN(C)C)ccc1O. The van der Waals surface area contributed by atoms with E-state index in [-0.39, 0.29) is 29.4 Å². The van der Waals surface area contributed by atoms with Gasteiger partial charge >= 0.3 is 0 Å². The molecule has 2 aromatic rings. The molecule has 1 atom stereocenters. The van der Waals surface area contributed by atoms with Crippen LogP contribution in [-0.4, -0.2) is 72.1 Å². The minimum atomic E-state index is -0.832. The molecule has 8 heteroatoms. The Bertz CT molecular complexity index is 1150. The molecule has 0 bridgehead atoms. The standard InChI is InChI=1S/C28H36N2O6/c1-7-35-23-15-19(8-10-21(23)31)25-24(27(33)28(34)30(25)13-12-29(5)6)26(32)20-9-11-22(18(4)14-20)36-16-17(2)3/h8-11,14-15,17,25,31-32H,7,12-13,16H2,1-6H3/b26-24+. The lowest BCUT2D eigenvalue weighted by Gasteiger charge is -2.27. The number of carbonyl (C=O) groups is 2. The Kier molecular flexibility index (Phi) is 8.63. The van der Waals surface area contributed by atoms with Gasteiger partial charge in [0.2, 0.25) is 0 Å². The first-order valence-corrected chi connectivity index (χ1v) is 12.2. The fourth-order valence-corrected chi connectivity index (χ4v) is 4.11. The average molecular weight is 497 g/mol. The number of aromatic hydroxyl groups is 1. The Morgan fingerprint density at radius 3 is 2.42 bits per heavy atom. The Balaban J connectivity index is 2.12. The van der Waals surface area contributed by atoms with Crippen LogP contribution in [0.5, 0.6) is 17.2 Å². The zero-order valence-electron chi connectivity index (χ0n) is 21.9. The van der Waals surface area contributed by atoms with Crippen LogP contribution in [0.25, 0.3) is 5.76 Å². The predicted octanol–water partition coefficient (Wildman–Crippen LogP) is 4.12. The van der Waals surface area contributed by atoms with Crippen LogP contribution in [0.3, 0.4) is 0 Å². The summed E-state index contributed by atoms with van der Waals surface area (Å²) in [6, 6.07) is 9.08. The van der Waals surface area contributed by atoms with Crippen molar-refractivity contribution in [2.75, 3.05) is 40.4 Å². The van der Waals surface area contributed by atoms with Gasteiger partial charge in [-0.2, -0.15) is 0 Å². The predicted molar refractivity (Wildman–Crippen MR) is 138 cm³/mol. The number of nitrogens with zero attached hydrogens (tertiary/aromatic N) is 2. The number of likely N-dealkylation sites (N-methyl/N-ethyl adjacent to an activating group) is 1. The molecule has 1 fully saturated rings. The van der Waals surface area contributed by atoms with Crippen LogP contribution in [-0.2, 0) is 9.59 Å². The summed E-state index contributed by atoms with van der Waals surface area (Å²) < 4.78 is 11.4. The number of likely N-dealkylation sites (tertiary alicyclic amines) is 1. The molecule has 36 heavy (non-hydrogen) atoms. The van der Waals surface area contributed by atoms with Crippen molar-refractivity contribution in [1.82, 2.24) is 9.80 Å². The highest BCUT2D eigenvalue weighted by molar-refractivity contribution is 6.46. The maximum absolute atomic E-state index is 13.2. The van der Waals surface area contributed by atoms with Crippen molar-refractivity contribution in [3.63, 3.8) is 0 Å². The fraction of sp³-hybridized carbons (Fsp3) is 0.429. The molecule has 1 amide bonds. The number of hydrogen-bond donors (Lipinski definition) is 2. The molecule has 194 valence electrons. The lowest BCUT2D eigenvalue weighted by Crippen LogP contribution is -2.35.